The molecule has 0 aromatic carbocycles. The van der Waals surface area contributed by atoms with Crippen LogP contribution in [0.4, 0.5) is 0 Å². The van der Waals surface area contributed by atoms with Gasteiger partial charge in [-0.05, 0) is 24.3 Å². The summed E-state index contributed by atoms with van der Waals surface area (Å²) in [4.78, 5) is 21.7. The van der Waals surface area contributed by atoms with E-state index in [0.717, 1.165) is 5.69 Å². The number of carbonyl (C=O) groups is 1. The molecule has 0 radical (unpaired) electrons. The number of amides is 1. The van der Waals surface area contributed by atoms with Crippen LogP contribution in [-0.2, 0) is 6.54 Å². The van der Waals surface area contributed by atoms with E-state index in [4.69, 9.17) is 0 Å². The fraction of sp³-hybridized carbons (Fsp3) is 0.154. The molecule has 0 bridgehead atoms. The fourth-order valence-electron chi connectivity index (χ4n) is 1.52. The molecule has 1 amide bonds. The first-order valence-electron chi connectivity index (χ1n) is 5.33. The summed E-state index contributed by atoms with van der Waals surface area (Å²) in [5.74, 6) is -0.0296. The van der Waals surface area contributed by atoms with E-state index >= 15 is 0 Å². The van der Waals surface area contributed by atoms with Gasteiger partial charge in [0.05, 0.1) is 12.2 Å². The Kier molecular flexibility index (Phi) is 3.45. The molecule has 0 aliphatic carbocycles. The van der Waals surface area contributed by atoms with Crippen LogP contribution in [0, 0.1) is 0 Å². The summed E-state index contributed by atoms with van der Waals surface area (Å²) in [6, 6.07) is 9.08. The van der Waals surface area contributed by atoms with Gasteiger partial charge < -0.3 is 4.90 Å². The molecule has 0 saturated heterocycles. The number of rotatable bonds is 3. The van der Waals surface area contributed by atoms with Gasteiger partial charge in [-0.2, -0.15) is 0 Å². The molecule has 0 N–H and O–H groups in total. The second-order valence-electron chi connectivity index (χ2n) is 3.72. The van der Waals surface area contributed by atoms with Crippen molar-refractivity contribution in [2.24, 2.45) is 0 Å². The maximum atomic E-state index is 12.0. The normalized spacial score (nSPS) is 9.94. The standard InChI is InChI=1S/C13H13N3O/c1-16(10-12-4-2-3-7-15-12)13(17)11-5-8-14-9-6-11/h2-9H,10H2,1H3. The highest BCUT2D eigenvalue weighted by atomic mass is 16.2. The zero-order valence-electron chi connectivity index (χ0n) is 9.58. The van der Waals surface area contributed by atoms with Gasteiger partial charge in [-0.3, -0.25) is 14.8 Å². The summed E-state index contributed by atoms with van der Waals surface area (Å²) >= 11 is 0. The molecule has 4 heteroatoms. The van der Waals surface area contributed by atoms with Crippen LogP contribution >= 0.6 is 0 Å². The number of aromatic nitrogens is 2. The van der Waals surface area contributed by atoms with E-state index in [9.17, 15) is 4.79 Å². The van der Waals surface area contributed by atoms with Crippen molar-refractivity contribution in [3.63, 3.8) is 0 Å². The predicted octanol–water partition coefficient (Wildman–Crippen LogP) is 1.75. The molecule has 86 valence electrons. The van der Waals surface area contributed by atoms with E-state index in [1.807, 2.05) is 18.2 Å². The molecule has 4 nitrogen and oxygen atoms in total. The summed E-state index contributed by atoms with van der Waals surface area (Å²) in [6.45, 7) is 0.502. The quantitative estimate of drug-likeness (QED) is 0.802. The molecule has 0 atom stereocenters. The number of carbonyl (C=O) groups excluding carboxylic acids is 1. The van der Waals surface area contributed by atoms with Gasteiger partial charge in [-0.25, -0.2) is 0 Å². The molecule has 17 heavy (non-hydrogen) atoms. The van der Waals surface area contributed by atoms with Crippen molar-refractivity contribution in [1.82, 2.24) is 14.9 Å². The van der Waals surface area contributed by atoms with Gasteiger partial charge in [0.25, 0.3) is 5.91 Å². The van der Waals surface area contributed by atoms with E-state index in [1.165, 1.54) is 0 Å². The second-order valence-corrected chi connectivity index (χ2v) is 3.72. The summed E-state index contributed by atoms with van der Waals surface area (Å²) in [7, 11) is 1.76. The Hall–Kier alpha value is -2.23. The first kappa shape index (κ1) is 11.3. The third-order valence-corrected chi connectivity index (χ3v) is 2.40. The minimum Gasteiger partial charge on any atom is -0.336 e. The molecular formula is C13H13N3O. The van der Waals surface area contributed by atoms with E-state index in [2.05, 4.69) is 9.97 Å². The van der Waals surface area contributed by atoms with E-state index in [-0.39, 0.29) is 5.91 Å². The zero-order valence-corrected chi connectivity index (χ0v) is 9.58. The van der Waals surface area contributed by atoms with Crippen LogP contribution in [0.1, 0.15) is 16.1 Å². The lowest BCUT2D eigenvalue weighted by atomic mass is 10.2. The monoisotopic (exact) mass is 227 g/mol. The highest BCUT2D eigenvalue weighted by Gasteiger charge is 2.11. The van der Waals surface area contributed by atoms with Crippen molar-refractivity contribution in [2.45, 2.75) is 6.54 Å². The SMILES string of the molecule is CN(Cc1ccccn1)C(=O)c1ccncc1. The van der Waals surface area contributed by atoms with Crippen LogP contribution in [0.25, 0.3) is 0 Å². The summed E-state index contributed by atoms with van der Waals surface area (Å²) in [6.07, 6.45) is 4.95. The first-order chi connectivity index (χ1) is 8.27. The van der Waals surface area contributed by atoms with Gasteiger partial charge >= 0.3 is 0 Å². The highest BCUT2D eigenvalue weighted by Crippen LogP contribution is 2.05. The number of pyridine rings is 2. The third kappa shape index (κ3) is 2.87. The summed E-state index contributed by atoms with van der Waals surface area (Å²) < 4.78 is 0. The fourth-order valence-corrected chi connectivity index (χ4v) is 1.52. The third-order valence-electron chi connectivity index (χ3n) is 2.40. The molecule has 2 aromatic rings. The van der Waals surface area contributed by atoms with Crippen LogP contribution in [0.5, 0.6) is 0 Å². The maximum Gasteiger partial charge on any atom is 0.254 e. The van der Waals surface area contributed by atoms with Crippen LogP contribution in [-0.4, -0.2) is 27.8 Å². The Bertz CT molecular complexity index is 485. The van der Waals surface area contributed by atoms with Crippen molar-refractivity contribution in [3.8, 4) is 0 Å². The molecule has 0 spiro atoms. The van der Waals surface area contributed by atoms with Gasteiger partial charge in [0, 0.05) is 31.2 Å². The molecule has 2 rings (SSSR count). The topological polar surface area (TPSA) is 46.1 Å². The lowest BCUT2D eigenvalue weighted by Gasteiger charge is -2.16. The molecule has 0 unspecified atom stereocenters. The van der Waals surface area contributed by atoms with Crippen LogP contribution in [0.15, 0.2) is 48.9 Å². The Labute approximate surface area is 99.9 Å². The van der Waals surface area contributed by atoms with E-state index in [1.54, 1.807) is 42.7 Å². The summed E-state index contributed by atoms with van der Waals surface area (Å²) in [5, 5.41) is 0. The molecule has 0 saturated carbocycles. The number of nitrogens with zero attached hydrogens (tertiary/aromatic N) is 3. The van der Waals surface area contributed by atoms with Crippen molar-refractivity contribution in [2.75, 3.05) is 7.05 Å². The zero-order chi connectivity index (χ0) is 12.1. The Morgan fingerprint density at radius 2 is 1.94 bits per heavy atom. The Balaban J connectivity index is 2.06. The van der Waals surface area contributed by atoms with Gasteiger partial charge in [0.1, 0.15) is 0 Å². The minimum absolute atomic E-state index is 0.0296. The van der Waals surface area contributed by atoms with Crippen molar-refractivity contribution < 1.29 is 4.79 Å². The average molecular weight is 227 g/mol. The molecule has 0 aliphatic heterocycles. The van der Waals surface area contributed by atoms with Crippen molar-refractivity contribution >= 4 is 5.91 Å². The molecule has 0 aliphatic rings. The number of hydrogen-bond acceptors (Lipinski definition) is 3. The van der Waals surface area contributed by atoms with Crippen LogP contribution in [0.3, 0.4) is 0 Å². The second kappa shape index (κ2) is 5.21. The maximum absolute atomic E-state index is 12.0. The predicted molar refractivity (Wildman–Crippen MR) is 64.3 cm³/mol. The Morgan fingerprint density at radius 1 is 1.18 bits per heavy atom. The van der Waals surface area contributed by atoms with Gasteiger partial charge in [-0.15, -0.1) is 0 Å². The first-order valence-corrected chi connectivity index (χ1v) is 5.33. The van der Waals surface area contributed by atoms with Crippen LogP contribution < -0.4 is 0 Å². The molecule has 2 aromatic heterocycles. The number of hydrogen-bond donors (Lipinski definition) is 0. The minimum atomic E-state index is -0.0296. The van der Waals surface area contributed by atoms with E-state index in [0.29, 0.717) is 12.1 Å². The van der Waals surface area contributed by atoms with Crippen LogP contribution in [0.2, 0.25) is 0 Å². The smallest absolute Gasteiger partial charge is 0.254 e. The van der Waals surface area contributed by atoms with E-state index < -0.39 is 0 Å². The highest BCUT2D eigenvalue weighted by molar-refractivity contribution is 5.93. The molecule has 0 fully saturated rings. The Morgan fingerprint density at radius 3 is 2.59 bits per heavy atom. The average Bonchev–Trinajstić information content (AvgIpc) is 2.40. The molecular weight excluding hydrogens is 214 g/mol. The lowest BCUT2D eigenvalue weighted by molar-refractivity contribution is 0.0783. The van der Waals surface area contributed by atoms with Crippen molar-refractivity contribution in [3.05, 3.63) is 60.2 Å². The van der Waals surface area contributed by atoms with Gasteiger partial charge in [0.2, 0.25) is 0 Å². The summed E-state index contributed by atoms with van der Waals surface area (Å²) in [5.41, 5.74) is 1.51. The molecule has 2 heterocycles. The van der Waals surface area contributed by atoms with Crippen molar-refractivity contribution in [1.29, 1.82) is 0 Å². The van der Waals surface area contributed by atoms with Gasteiger partial charge in [-0.1, -0.05) is 6.07 Å². The van der Waals surface area contributed by atoms with Gasteiger partial charge in [0.15, 0.2) is 0 Å². The lowest BCUT2D eigenvalue weighted by Crippen LogP contribution is -2.26. The largest absolute Gasteiger partial charge is 0.336 e.